The Hall–Kier alpha value is -2.44. The van der Waals surface area contributed by atoms with Crippen molar-refractivity contribution < 1.29 is 9.32 Å². The molecule has 3 heterocycles. The number of nitrogens with zero attached hydrogens (tertiary/aromatic N) is 4. The van der Waals surface area contributed by atoms with Crippen LogP contribution in [0.5, 0.6) is 0 Å². The van der Waals surface area contributed by atoms with Crippen LogP contribution in [0.3, 0.4) is 0 Å². The van der Waals surface area contributed by atoms with E-state index in [1.54, 1.807) is 13.1 Å². The van der Waals surface area contributed by atoms with E-state index in [0.29, 0.717) is 18.1 Å². The number of anilines is 1. The molecule has 2 aromatic rings. The molecule has 128 valence electrons. The summed E-state index contributed by atoms with van der Waals surface area (Å²) in [6.07, 6.45) is 5.25. The van der Waals surface area contributed by atoms with E-state index in [1.807, 2.05) is 19.1 Å². The molecular weight excluding hydrogens is 306 g/mol. The fourth-order valence-corrected chi connectivity index (χ4v) is 2.97. The van der Waals surface area contributed by atoms with Crippen molar-refractivity contribution >= 4 is 11.7 Å². The zero-order chi connectivity index (χ0) is 16.9. The standard InChI is InChI=1S/C17H23N5O2/c1-3-5-16(23)20-14-6-4-9-22(11-14)15-10-13(7-8-18-15)17-19-12(2)21-24-17/h7-8,10,14H,3-6,9,11H2,1-2H3,(H,20,23). The molecule has 1 saturated heterocycles. The van der Waals surface area contributed by atoms with Gasteiger partial charge in [-0.3, -0.25) is 4.79 Å². The van der Waals surface area contributed by atoms with Crippen LogP contribution >= 0.6 is 0 Å². The SMILES string of the molecule is CCCC(=O)NC1CCCN(c2cc(-c3nc(C)no3)ccn2)C1. The first-order valence-corrected chi connectivity index (χ1v) is 8.46. The lowest BCUT2D eigenvalue weighted by atomic mass is 10.1. The Bertz CT molecular complexity index is 700. The lowest BCUT2D eigenvalue weighted by Gasteiger charge is -2.34. The lowest BCUT2D eigenvalue weighted by Crippen LogP contribution is -2.48. The van der Waals surface area contributed by atoms with Crippen molar-refractivity contribution in [3.63, 3.8) is 0 Å². The van der Waals surface area contributed by atoms with Gasteiger partial charge in [-0.25, -0.2) is 4.98 Å². The number of aryl methyl sites for hydroxylation is 1. The number of aromatic nitrogens is 3. The van der Waals surface area contributed by atoms with Crippen LogP contribution in [0.4, 0.5) is 5.82 Å². The Kier molecular flexibility index (Phi) is 5.08. The third-order valence-corrected chi connectivity index (χ3v) is 4.11. The molecule has 0 aliphatic carbocycles. The fraction of sp³-hybridized carbons (Fsp3) is 0.529. The van der Waals surface area contributed by atoms with E-state index in [4.69, 9.17) is 4.52 Å². The molecule has 3 rings (SSSR count). The highest BCUT2D eigenvalue weighted by atomic mass is 16.5. The molecule has 1 N–H and O–H groups in total. The minimum Gasteiger partial charge on any atom is -0.355 e. The Balaban J connectivity index is 1.70. The first-order chi connectivity index (χ1) is 11.7. The molecule has 7 heteroatoms. The van der Waals surface area contributed by atoms with Crippen molar-refractivity contribution in [2.24, 2.45) is 0 Å². The van der Waals surface area contributed by atoms with Gasteiger partial charge in [-0.15, -0.1) is 0 Å². The second-order valence-electron chi connectivity index (χ2n) is 6.15. The second kappa shape index (κ2) is 7.42. The quantitative estimate of drug-likeness (QED) is 0.906. The molecule has 7 nitrogen and oxygen atoms in total. The summed E-state index contributed by atoms with van der Waals surface area (Å²) >= 11 is 0. The molecule has 1 atom stereocenters. The molecule has 0 spiro atoms. The predicted octanol–water partition coefficient (Wildman–Crippen LogP) is 2.33. The number of pyridine rings is 1. The van der Waals surface area contributed by atoms with Crippen molar-refractivity contribution in [3.8, 4) is 11.5 Å². The van der Waals surface area contributed by atoms with Crippen LogP contribution in [0.25, 0.3) is 11.5 Å². The van der Waals surface area contributed by atoms with E-state index in [-0.39, 0.29) is 11.9 Å². The molecule has 0 radical (unpaired) electrons. The Morgan fingerprint density at radius 2 is 2.38 bits per heavy atom. The number of carbonyl (C=O) groups is 1. The second-order valence-corrected chi connectivity index (χ2v) is 6.15. The topological polar surface area (TPSA) is 84.2 Å². The van der Waals surface area contributed by atoms with Gasteiger partial charge in [0, 0.05) is 37.3 Å². The number of piperidine rings is 1. The summed E-state index contributed by atoms with van der Waals surface area (Å²) < 4.78 is 5.23. The minimum atomic E-state index is 0.132. The summed E-state index contributed by atoms with van der Waals surface area (Å²) in [5.74, 6) is 2.12. The van der Waals surface area contributed by atoms with Crippen molar-refractivity contribution in [3.05, 3.63) is 24.2 Å². The molecule has 1 aliphatic rings. The molecule has 1 unspecified atom stereocenters. The van der Waals surface area contributed by atoms with Crippen molar-refractivity contribution in [1.29, 1.82) is 0 Å². The third kappa shape index (κ3) is 3.90. The molecule has 0 aromatic carbocycles. The van der Waals surface area contributed by atoms with E-state index in [2.05, 4.69) is 25.3 Å². The maximum absolute atomic E-state index is 11.8. The van der Waals surface area contributed by atoms with Crippen LogP contribution in [-0.2, 0) is 4.79 Å². The van der Waals surface area contributed by atoms with E-state index in [9.17, 15) is 4.79 Å². The number of hydrogen-bond donors (Lipinski definition) is 1. The highest BCUT2D eigenvalue weighted by Crippen LogP contribution is 2.23. The average molecular weight is 329 g/mol. The van der Waals surface area contributed by atoms with Crippen molar-refractivity contribution in [1.82, 2.24) is 20.4 Å². The van der Waals surface area contributed by atoms with Gasteiger partial charge in [-0.2, -0.15) is 4.98 Å². The summed E-state index contributed by atoms with van der Waals surface area (Å²) in [5.41, 5.74) is 0.859. The van der Waals surface area contributed by atoms with Gasteiger partial charge in [-0.05, 0) is 38.3 Å². The zero-order valence-corrected chi connectivity index (χ0v) is 14.2. The Morgan fingerprint density at radius 3 is 3.12 bits per heavy atom. The largest absolute Gasteiger partial charge is 0.355 e. The maximum atomic E-state index is 11.8. The molecule has 0 saturated carbocycles. The number of nitrogens with one attached hydrogen (secondary N) is 1. The van der Waals surface area contributed by atoms with Crippen LogP contribution in [0.15, 0.2) is 22.9 Å². The van der Waals surface area contributed by atoms with E-state index < -0.39 is 0 Å². The summed E-state index contributed by atoms with van der Waals surface area (Å²) in [6.45, 7) is 5.51. The van der Waals surface area contributed by atoms with Crippen LogP contribution < -0.4 is 10.2 Å². The van der Waals surface area contributed by atoms with E-state index in [1.165, 1.54) is 0 Å². The highest BCUT2D eigenvalue weighted by Gasteiger charge is 2.22. The fourth-order valence-electron chi connectivity index (χ4n) is 2.97. The number of carbonyl (C=O) groups excluding carboxylic acids is 1. The van der Waals surface area contributed by atoms with E-state index in [0.717, 1.165) is 43.7 Å². The van der Waals surface area contributed by atoms with Gasteiger partial charge in [-0.1, -0.05) is 12.1 Å². The van der Waals surface area contributed by atoms with Gasteiger partial charge in [0.15, 0.2) is 5.82 Å². The number of hydrogen-bond acceptors (Lipinski definition) is 6. The first-order valence-electron chi connectivity index (χ1n) is 8.46. The summed E-state index contributed by atoms with van der Waals surface area (Å²) in [4.78, 5) is 22.8. The minimum absolute atomic E-state index is 0.132. The molecule has 2 aromatic heterocycles. The van der Waals surface area contributed by atoms with Crippen molar-refractivity contribution in [2.45, 2.75) is 45.6 Å². The molecule has 1 aliphatic heterocycles. The van der Waals surface area contributed by atoms with Crippen LogP contribution in [0, 0.1) is 6.92 Å². The molecular formula is C17H23N5O2. The molecule has 0 bridgehead atoms. The van der Waals surface area contributed by atoms with Crippen LogP contribution in [-0.4, -0.2) is 40.2 Å². The Labute approximate surface area is 141 Å². The highest BCUT2D eigenvalue weighted by molar-refractivity contribution is 5.76. The van der Waals surface area contributed by atoms with Crippen LogP contribution in [0.2, 0.25) is 0 Å². The average Bonchev–Trinajstić information content (AvgIpc) is 3.02. The molecule has 1 fully saturated rings. The smallest absolute Gasteiger partial charge is 0.258 e. The molecule has 1 amide bonds. The summed E-state index contributed by atoms with van der Waals surface area (Å²) in [5, 5.41) is 6.95. The third-order valence-electron chi connectivity index (χ3n) is 4.11. The summed E-state index contributed by atoms with van der Waals surface area (Å²) in [6, 6.07) is 4.00. The predicted molar refractivity (Wildman–Crippen MR) is 90.6 cm³/mol. The van der Waals surface area contributed by atoms with Gasteiger partial charge in [0.2, 0.25) is 5.91 Å². The van der Waals surface area contributed by atoms with Gasteiger partial charge in [0.1, 0.15) is 5.82 Å². The normalized spacial score (nSPS) is 17.8. The van der Waals surface area contributed by atoms with Gasteiger partial charge in [0.25, 0.3) is 5.89 Å². The van der Waals surface area contributed by atoms with Crippen LogP contribution in [0.1, 0.15) is 38.4 Å². The van der Waals surface area contributed by atoms with E-state index >= 15 is 0 Å². The lowest BCUT2D eigenvalue weighted by molar-refractivity contribution is -0.121. The zero-order valence-electron chi connectivity index (χ0n) is 14.2. The maximum Gasteiger partial charge on any atom is 0.258 e. The first kappa shape index (κ1) is 16.4. The van der Waals surface area contributed by atoms with Crippen molar-refractivity contribution in [2.75, 3.05) is 18.0 Å². The number of amides is 1. The van der Waals surface area contributed by atoms with Gasteiger partial charge in [0.05, 0.1) is 0 Å². The van der Waals surface area contributed by atoms with Gasteiger partial charge >= 0.3 is 0 Å². The number of rotatable bonds is 5. The molecule has 24 heavy (non-hydrogen) atoms. The van der Waals surface area contributed by atoms with Gasteiger partial charge < -0.3 is 14.7 Å². The monoisotopic (exact) mass is 329 g/mol. The Morgan fingerprint density at radius 1 is 1.50 bits per heavy atom. The summed E-state index contributed by atoms with van der Waals surface area (Å²) in [7, 11) is 0.